The summed E-state index contributed by atoms with van der Waals surface area (Å²) in [4.78, 5) is 0. The summed E-state index contributed by atoms with van der Waals surface area (Å²) in [5.41, 5.74) is -2.05. The monoisotopic (exact) mass is 280 g/mol. The van der Waals surface area contributed by atoms with Crippen molar-refractivity contribution in [3.05, 3.63) is 0 Å². The fourth-order valence-corrected chi connectivity index (χ4v) is 3.01. The SMILES string of the molecule is CC(C)(C)CC(C)(C)C(C)(C)CC(C)(C)C(F)(F)F. The number of hydrogen-bond donors (Lipinski definition) is 0. The molecule has 19 heavy (non-hydrogen) atoms. The van der Waals surface area contributed by atoms with Gasteiger partial charge >= 0.3 is 6.18 Å². The van der Waals surface area contributed by atoms with E-state index in [1.54, 1.807) is 0 Å². The molecule has 0 radical (unpaired) electrons. The van der Waals surface area contributed by atoms with Gasteiger partial charge in [-0.3, -0.25) is 0 Å². The molecule has 0 aliphatic rings. The molecule has 0 aliphatic heterocycles. The second kappa shape index (κ2) is 4.96. The summed E-state index contributed by atoms with van der Waals surface area (Å²) >= 11 is 0. The summed E-state index contributed by atoms with van der Waals surface area (Å²) < 4.78 is 39.3. The van der Waals surface area contributed by atoms with Crippen molar-refractivity contribution in [2.24, 2.45) is 21.7 Å². The van der Waals surface area contributed by atoms with Crippen LogP contribution < -0.4 is 0 Å². The van der Waals surface area contributed by atoms with E-state index in [9.17, 15) is 13.2 Å². The molecule has 0 fully saturated rings. The Bertz CT molecular complexity index is 301. The molecule has 0 aromatic heterocycles. The van der Waals surface area contributed by atoms with Gasteiger partial charge in [-0.25, -0.2) is 0 Å². The molecule has 0 nitrogen and oxygen atoms in total. The van der Waals surface area contributed by atoms with Gasteiger partial charge in [-0.05, 0) is 29.1 Å². The minimum atomic E-state index is -4.15. The lowest BCUT2D eigenvalue weighted by Crippen LogP contribution is -2.43. The molecule has 0 atom stereocenters. The summed E-state index contributed by atoms with van der Waals surface area (Å²) in [5.74, 6) is 0. The Morgan fingerprint density at radius 2 is 0.842 bits per heavy atom. The number of halogens is 3. The summed E-state index contributed by atoms with van der Waals surface area (Å²) in [7, 11) is 0. The second-order valence-electron chi connectivity index (χ2n) is 9.06. The van der Waals surface area contributed by atoms with Crippen LogP contribution >= 0.6 is 0 Å². The molecule has 0 spiro atoms. The average Bonchev–Trinajstić information content (AvgIpc) is 1.92. The largest absolute Gasteiger partial charge is 0.393 e. The van der Waals surface area contributed by atoms with Crippen LogP contribution in [0.4, 0.5) is 13.2 Å². The van der Waals surface area contributed by atoms with Crippen molar-refractivity contribution in [3.63, 3.8) is 0 Å². The Morgan fingerprint density at radius 1 is 0.526 bits per heavy atom. The zero-order chi connectivity index (χ0) is 15.9. The van der Waals surface area contributed by atoms with Crippen LogP contribution in [0.2, 0.25) is 0 Å². The van der Waals surface area contributed by atoms with Gasteiger partial charge in [0.2, 0.25) is 0 Å². The van der Waals surface area contributed by atoms with E-state index in [0.717, 1.165) is 6.42 Å². The van der Waals surface area contributed by atoms with E-state index < -0.39 is 11.6 Å². The van der Waals surface area contributed by atoms with Gasteiger partial charge in [0, 0.05) is 0 Å². The Balaban J connectivity index is 5.18. The standard InChI is InChI=1S/C16H31F3/c1-12(2,3)10-13(4,5)14(6,7)11-15(8,9)16(17,18)19/h10-11H2,1-9H3. The van der Waals surface area contributed by atoms with Gasteiger partial charge in [0.25, 0.3) is 0 Å². The van der Waals surface area contributed by atoms with Crippen LogP contribution in [-0.4, -0.2) is 6.18 Å². The Morgan fingerprint density at radius 3 is 1.11 bits per heavy atom. The smallest absolute Gasteiger partial charge is 0.171 e. The van der Waals surface area contributed by atoms with Crippen molar-refractivity contribution >= 4 is 0 Å². The Labute approximate surface area is 117 Å². The van der Waals surface area contributed by atoms with Crippen LogP contribution in [-0.2, 0) is 0 Å². The van der Waals surface area contributed by atoms with E-state index in [2.05, 4.69) is 34.6 Å². The third kappa shape index (κ3) is 5.00. The van der Waals surface area contributed by atoms with Crippen LogP contribution in [0.25, 0.3) is 0 Å². The van der Waals surface area contributed by atoms with E-state index in [1.165, 1.54) is 13.8 Å². The minimum absolute atomic E-state index is 0.114. The van der Waals surface area contributed by atoms with Crippen LogP contribution in [0.3, 0.4) is 0 Å². The van der Waals surface area contributed by atoms with Crippen LogP contribution in [0.5, 0.6) is 0 Å². The highest BCUT2D eigenvalue weighted by molar-refractivity contribution is 4.94. The van der Waals surface area contributed by atoms with Gasteiger partial charge in [-0.15, -0.1) is 0 Å². The molecule has 0 aliphatic carbocycles. The second-order valence-corrected chi connectivity index (χ2v) is 9.06. The molecule has 0 N–H and O–H groups in total. The van der Waals surface area contributed by atoms with E-state index in [1.807, 2.05) is 13.8 Å². The van der Waals surface area contributed by atoms with E-state index in [0.29, 0.717) is 0 Å². The molecule has 0 amide bonds. The molecule has 116 valence electrons. The zero-order valence-electron chi connectivity index (χ0n) is 14.0. The Kier molecular flexibility index (Phi) is 4.91. The van der Waals surface area contributed by atoms with Gasteiger partial charge in [0.1, 0.15) is 0 Å². The molecule has 3 heteroatoms. The number of hydrogen-bond acceptors (Lipinski definition) is 0. The third-order valence-corrected chi connectivity index (χ3v) is 4.46. The molecule has 0 unspecified atom stereocenters. The van der Waals surface area contributed by atoms with Gasteiger partial charge < -0.3 is 0 Å². The van der Waals surface area contributed by atoms with Crippen LogP contribution in [0, 0.1) is 21.7 Å². The molecule has 0 aromatic carbocycles. The molecular weight excluding hydrogens is 249 g/mol. The number of alkyl halides is 3. The van der Waals surface area contributed by atoms with Gasteiger partial charge in [-0.2, -0.15) is 13.2 Å². The fraction of sp³-hybridized carbons (Fsp3) is 1.00. The van der Waals surface area contributed by atoms with E-state index in [-0.39, 0.29) is 22.7 Å². The molecule has 0 rings (SSSR count). The highest BCUT2D eigenvalue weighted by atomic mass is 19.4. The first kappa shape index (κ1) is 18.8. The molecule has 0 saturated carbocycles. The number of rotatable bonds is 4. The first-order valence-corrected chi connectivity index (χ1v) is 6.98. The predicted molar refractivity (Wildman–Crippen MR) is 76.1 cm³/mol. The quantitative estimate of drug-likeness (QED) is 0.555. The normalized spacial score (nSPS) is 15.8. The first-order valence-electron chi connectivity index (χ1n) is 6.98. The maximum atomic E-state index is 13.1. The average molecular weight is 280 g/mol. The summed E-state index contributed by atoms with van der Waals surface area (Å²) in [5, 5.41) is 0. The first-order chi connectivity index (χ1) is 7.91. The van der Waals surface area contributed by atoms with Crippen molar-refractivity contribution < 1.29 is 13.2 Å². The minimum Gasteiger partial charge on any atom is -0.171 e. The van der Waals surface area contributed by atoms with Crippen molar-refractivity contribution in [1.82, 2.24) is 0 Å². The molecule has 0 aromatic rings. The van der Waals surface area contributed by atoms with E-state index in [4.69, 9.17) is 0 Å². The van der Waals surface area contributed by atoms with Crippen LogP contribution in [0.1, 0.15) is 75.2 Å². The third-order valence-electron chi connectivity index (χ3n) is 4.46. The molecular formula is C16H31F3. The topological polar surface area (TPSA) is 0 Å². The maximum absolute atomic E-state index is 13.1. The summed E-state index contributed by atoms with van der Waals surface area (Å²) in [6.45, 7) is 17.1. The van der Waals surface area contributed by atoms with Gasteiger partial charge in [0.05, 0.1) is 5.41 Å². The predicted octanol–water partition coefficient (Wildman–Crippen LogP) is 6.45. The summed E-state index contributed by atoms with van der Waals surface area (Å²) in [6, 6.07) is 0. The van der Waals surface area contributed by atoms with E-state index >= 15 is 0 Å². The molecule has 0 bridgehead atoms. The maximum Gasteiger partial charge on any atom is 0.393 e. The van der Waals surface area contributed by atoms with Crippen molar-refractivity contribution in [2.75, 3.05) is 0 Å². The van der Waals surface area contributed by atoms with Crippen molar-refractivity contribution in [3.8, 4) is 0 Å². The summed E-state index contributed by atoms with van der Waals surface area (Å²) in [6.07, 6.45) is -3.10. The van der Waals surface area contributed by atoms with Crippen molar-refractivity contribution in [1.29, 1.82) is 0 Å². The molecule has 0 saturated heterocycles. The zero-order valence-corrected chi connectivity index (χ0v) is 14.0. The van der Waals surface area contributed by atoms with Crippen molar-refractivity contribution in [2.45, 2.75) is 81.3 Å². The lowest BCUT2D eigenvalue weighted by atomic mass is 9.57. The highest BCUT2D eigenvalue weighted by Crippen LogP contribution is 2.54. The lowest BCUT2D eigenvalue weighted by molar-refractivity contribution is -0.225. The fourth-order valence-electron chi connectivity index (χ4n) is 3.01. The van der Waals surface area contributed by atoms with Gasteiger partial charge in [-0.1, -0.05) is 62.3 Å². The highest BCUT2D eigenvalue weighted by Gasteiger charge is 2.52. The lowest BCUT2D eigenvalue weighted by Gasteiger charge is -2.49. The Hall–Kier alpha value is -0.210. The van der Waals surface area contributed by atoms with Crippen LogP contribution in [0.15, 0.2) is 0 Å². The van der Waals surface area contributed by atoms with Gasteiger partial charge in [0.15, 0.2) is 0 Å². The molecule has 0 heterocycles.